The molecule has 15 heavy (non-hydrogen) atoms. The summed E-state index contributed by atoms with van der Waals surface area (Å²) < 4.78 is 0. The Morgan fingerprint density at radius 3 is 2.73 bits per heavy atom. The molecule has 0 heteroatoms. The van der Waals surface area contributed by atoms with Crippen LogP contribution in [0.4, 0.5) is 0 Å². The van der Waals surface area contributed by atoms with E-state index in [1.54, 1.807) is 0 Å². The second-order valence-corrected chi connectivity index (χ2v) is 5.45. The van der Waals surface area contributed by atoms with Crippen LogP contribution in [0, 0.1) is 5.41 Å². The molecule has 0 bridgehead atoms. The Kier molecular flexibility index (Phi) is 4.38. The predicted octanol–water partition coefficient (Wildman–Crippen LogP) is 5.04. The lowest BCUT2D eigenvalue weighted by Gasteiger charge is -2.18. The van der Waals surface area contributed by atoms with Crippen molar-refractivity contribution in [3.63, 3.8) is 0 Å². The lowest BCUT2D eigenvalue weighted by molar-refractivity contribution is 0.486. The van der Waals surface area contributed by atoms with Crippen molar-refractivity contribution in [3.8, 4) is 0 Å². The third kappa shape index (κ3) is 5.01. The Morgan fingerprint density at radius 2 is 2.00 bits per heavy atom. The first kappa shape index (κ1) is 12.3. The standard InChI is InChI=1S/C15H24/c1-13-7-5-8-14(2)10-12-15(3,4)11-6-9-13/h6,10-11H,1,5,7-9,12H2,2-4H3/b11-6?,14-10-. The Balaban J connectivity index is 2.73. The van der Waals surface area contributed by atoms with Crippen LogP contribution in [0.5, 0.6) is 0 Å². The SMILES string of the molecule is C=C1CC=CC(C)(C)C/C=C(/C)CCC1. The molecule has 1 aliphatic rings. The minimum Gasteiger partial charge on any atom is -0.0995 e. The van der Waals surface area contributed by atoms with Crippen LogP contribution in [-0.2, 0) is 0 Å². The highest BCUT2D eigenvalue weighted by atomic mass is 14.2. The predicted molar refractivity (Wildman–Crippen MR) is 68.9 cm³/mol. The molecule has 0 N–H and O–H groups in total. The summed E-state index contributed by atoms with van der Waals surface area (Å²) in [4.78, 5) is 0. The van der Waals surface area contributed by atoms with Crippen molar-refractivity contribution < 1.29 is 0 Å². The molecule has 0 atom stereocenters. The summed E-state index contributed by atoms with van der Waals surface area (Å²) in [6, 6.07) is 0. The summed E-state index contributed by atoms with van der Waals surface area (Å²) in [5.74, 6) is 0. The van der Waals surface area contributed by atoms with Crippen molar-refractivity contribution in [1.29, 1.82) is 0 Å². The Labute approximate surface area is 94.8 Å². The quantitative estimate of drug-likeness (QED) is 0.485. The van der Waals surface area contributed by atoms with Gasteiger partial charge in [-0.1, -0.05) is 49.8 Å². The van der Waals surface area contributed by atoms with Crippen molar-refractivity contribution in [2.45, 2.75) is 52.9 Å². The first-order valence-electron chi connectivity index (χ1n) is 5.99. The van der Waals surface area contributed by atoms with Gasteiger partial charge in [0.25, 0.3) is 0 Å². The van der Waals surface area contributed by atoms with Gasteiger partial charge in [0.15, 0.2) is 0 Å². The van der Waals surface area contributed by atoms with E-state index in [4.69, 9.17) is 0 Å². The van der Waals surface area contributed by atoms with Gasteiger partial charge in [0.05, 0.1) is 0 Å². The van der Waals surface area contributed by atoms with Crippen molar-refractivity contribution in [1.82, 2.24) is 0 Å². The molecule has 0 aromatic carbocycles. The summed E-state index contributed by atoms with van der Waals surface area (Å²) in [6.07, 6.45) is 12.9. The van der Waals surface area contributed by atoms with Crippen molar-refractivity contribution in [2.24, 2.45) is 5.41 Å². The van der Waals surface area contributed by atoms with E-state index in [1.165, 1.54) is 30.4 Å². The molecule has 0 aromatic heterocycles. The highest BCUT2D eigenvalue weighted by Crippen LogP contribution is 2.26. The normalized spacial score (nSPS) is 26.6. The highest BCUT2D eigenvalue weighted by Gasteiger charge is 2.12. The minimum atomic E-state index is 0.298. The lowest BCUT2D eigenvalue weighted by Crippen LogP contribution is -2.05. The molecule has 0 amide bonds. The average Bonchev–Trinajstić information content (AvgIpc) is 2.15. The monoisotopic (exact) mass is 204 g/mol. The van der Waals surface area contributed by atoms with Gasteiger partial charge in [-0.05, 0) is 44.4 Å². The summed E-state index contributed by atoms with van der Waals surface area (Å²) in [7, 11) is 0. The Morgan fingerprint density at radius 1 is 1.27 bits per heavy atom. The van der Waals surface area contributed by atoms with Crippen LogP contribution in [0.1, 0.15) is 52.9 Å². The molecular formula is C15H24. The Bertz CT molecular complexity index is 276. The van der Waals surface area contributed by atoms with E-state index in [0.29, 0.717) is 5.41 Å². The van der Waals surface area contributed by atoms with E-state index < -0.39 is 0 Å². The second-order valence-electron chi connectivity index (χ2n) is 5.45. The van der Waals surface area contributed by atoms with E-state index in [2.05, 4.69) is 45.6 Å². The van der Waals surface area contributed by atoms with Gasteiger partial charge in [-0.15, -0.1) is 0 Å². The van der Waals surface area contributed by atoms with Crippen LogP contribution >= 0.6 is 0 Å². The van der Waals surface area contributed by atoms with Gasteiger partial charge in [0.2, 0.25) is 0 Å². The van der Waals surface area contributed by atoms with Gasteiger partial charge in [-0.3, -0.25) is 0 Å². The fraction of sp³-hybridized carbons (Fsp3) is 0.600. The Hall–Kier alpha value is -0.780. The van der Waals surface area contributed by atoms with E-state index >= 15 is 0 Å². The fourth-order valence-electron chi connectivity index (χ4n) is 1.87. The summed E-state index contributed by atoms with van der Waals surface area (Å²) >= 11 is 0. The maximum Gasteiger partial charge on any atom is -0.0140 e. The zero-order valence-electron chi connectivity index (χ0n) is 10.5. The van der Waals surface area contributed by atoms with Gasteiger partial charge < -0.3 is 0 Å². The molecule has 1 aliphatic carbocycles. The number of allylic oxidation sites excluding steroid dienone is 5. The van der Waals surface area contributed by atoms with Crippen molar-refractivity contribution in [2.75, 3.05) is 0 Å². The van der Waals surface area contributed by atoms with E-state index in [-0.39, 0.29) is 0 Å². The fourth-order valence-corrected chi connectivity index (χ4v) is 1.87. The van der Waals surface area contributed by atoms with Gasteiger partial charge in [0, 0.05) is 0 Å². The largest absolute Gasteiger partial charge is 0.0995 e. The molecule has 0 saturated carbocycles. The molecule has 0 nitrogen and oxygen atoms in total. The van der Waals surface area contributed by atoms with Gasteiger partial charge in [-0.2, -0.15) is 0 Å². The van der Waals surface area contributed by atoms with Crippen LogP contribution in [0.2, 0.25) is 0 Å². The molecular weight excluding hydrogens is 180 g/mol. The molecule has 0 aliphatic heterocycles. The van der Waals surface area contributed by atoms with Crippen LogP contribution in [0.15, 0.2) is 36.0 Å². The molecule has 0 unspecified atom stereocenters. The van der Waals surface area contributed by atoms with Crippen molar-refractivity contribution in [3.05, 3.63) is 36.0 Å². The molecule has 0 aromatic rings. The maximum atomic E-state index is 4.12. The lowest BCUT2D eigenvalue weighted by atomic mass is 9.87. The first-order chi connectivity index (χ1) is 6.99. The molecule has 0 spiro atoms. The second kappa shape index (κ2) is 5.34. The summed E-state index contributed by atoms with van der Waals surface area (Å²) in [5.41, 5.74) is 3.20. The molecule has 1 rings (SSSR count). The maximum absolute atomic E-state index is 4.12. The number of rotatable bonds is 0. The molecule has 0 heterocycles. The molecule has 0 radical (unpaired) electrons. The van der Waals surface area contributed by atoms with Crippen LogP contribution in [0.25, 0.3) is 0 Å². The van der Waals surface area contributed by atoms with Crippen LogP contribution in [0.3, 0.4) is 0 Å². The number of hydrogen-bond donors (Lipinski definition) is 0. The van der Waals surface area contributed by atoms with Crippen LogP contribution in [-0.4, -0.2) is 0 Å². The summed E-state index contributed by atoms with van der Waals surface area (Å²) in [5, 5.41) is 0. The minimum absolute atomic E-state index is 0.298. The molecule has 84 valence electrons. The zero-order chi connectivity index (χ0) is 11.3. The molecule has 0 fully saturated rings. The third-order valence-corrected chi connectivity index (χ3v) is 3.05. The van der Waals surface area contributed by atoms with Gasteiger partial charge in [0.1, 0.15) is 0 Å². The third-order valence-electron chi connectivity index (χ3n) is 3.05. The van der Waals surface area contributed by atoms with E-state index in [1.807, 2.05) is 0 Å². The number of hydrogen-bond acceptors (Lipinski definition) is 0. The van der Waals surface area contributed by atoms with Crippen molar-refractivity contribution >= 4 is 0 Å². The van der Waals surface area contributed by atoms with E-state index in [9.17, 15) is 0 Å². The van der Waals surface area contributed by atoms with E-state index in [0.717, 1.165) is 12.8 Å². The summed E-state index contributed by atoms with van der Waals surface area (Å²) in [6.45, 7) is 11.0. The molecule has 0 saturated heterocycles. The first-order valence-corrected chi connectivity index (χ1v) is 5.99. The van der Waals surface area contributed by atoms with Crippen LogP contribution < -0.4 is 0 Å². The zero-order valence-corrected chi connectivity index (χ0v) is 10.5. The average molecular weight is 204 g/mol. The highest BCUT2D eigenvalue weighted by molar-refractivity contribution is 5.10. The smallest absolute Gasteiger partial charge is 0.0140 e. The topological polar surface area (TPSA) is 0 Å². The van der Waals surface area contributed by atoms with Gasteiger partial charge >= 0.3 is 0 Å². The van der Waals surface area contributed by atoms with Gasteiger partial charge in [-0.25, -0.2) is 0 Å².